The number of ether oxygens (including phenoxy) is 3. The molecule has 0 atom stereocenters. The molecule has 0 aliphatic heterocycles. The summed E-state index contributed by atoms with van der Waals surface area (Å²) >= 11 is 4.82. The van der Waals surface area contributed by atoms with Gasteiger partial charge in [0.2, 0.25) is 12.2 Å². The standard InChI is InChI=1S/C13H20N4O5S/c1-4-20-10(21-5-2)8-7-9(18)16-12(15-8)17(11(14)23)13(19)22-6-3/h7,10H,4-6H2,1-3H3,(H2,14,23)(H,15,16,18). The lowest BCUT2D eigenvalue weighted by Gasteiger charge is -2.21. The van der Waals surface area contributed by atoms with Crippen molar-refractivity contribution in [1.82, 2.24) is 9.97 Å². The van der Waals surface area contributed by atoms with Gasteiger partial charge >= 0.3 is 6.09 Å². The van der Waals surface area contributed by atoms with Crippen LogP contribution in [0.2, 0.25) is 0 Å². The summed E-state index contributed by atoms with van der Waals surface area (Å²) in [6.07, 6.45) is -1.69. The highest BCUT2D eigenvalue weighted by Crippen LogP contribution is 2.18. The highest BCUT2D eigenvalue weighted by atomic mass is 32.1. The van der Waals surface area contributed by atoms with Crippen LogP contribution in [-0.2, 0) is 14.2 Å². The van der Waals surface area contributed by atoms with E-state index < -0.39 is 17.9 Å². The van der Waals surface area contributed by atoms with Gasteiger partial charge in [0.15, 0.2) is 5.11 Å². The molecule has 0 saturated carbocycles. The molecule has 1 amide bonds. The summed E-state index contributed by atoms with van der Waals surface area (Å²) in [7, 11) is 0. The van der Waals surface area contributed by atoms with Gasteiger partial charge in [-0.1, -0.05) is 0 Å². The molecular weight excluding hydrogens is 324 g/mol. The number of aromatic amines is 1. The number of anilines is 1. The van der Waals surface area contributed by atoms with Crippen molar-refractivity contribution in [2.45, 2.75) is 27.1 Å². The zero-order chi connectivity index (χ0) is 17.4. The van der Waals surface area contributed by atoms with Gasteiger partial charge in [-0.05, 0) is 33.0 Å². The Labute approximate surface area is 138 Å². The summed E-state index contributed by atoms with van der Waals surface area (Å²) in [6.45, 7) is 6.00. The van der Waals surface area contributed by atoms with Crippen LogP contribution in [0.1, 0.15) is 32.8 Å². The summed E-state index contributed by atoms with van der Waals surface area (Å²) in [5.74, 6) is -0.164. The second-order valence-electron chi connectivity index (χ2n) is 4.11. The van der Waals surface area contributed by atoms with Crippen LogP contribution < -0.4 is 16.2 Å². The first-order valence-corrected chi connectivity index (χ1v) is 7.46. The summed E-state index contributed by atoms with van der Waals surface area (Å²) in [5.41, 5.74) is 5.20. The maximum Gasteiger partial charge on any atom is 0.423 e. The second-order valence-corrected chi connectivity index (χ2v) is 4.53. The van der Waals surface area contributed by atoms with Crippen LogP contribution in [-0.4, -0.2) is 41.0 Å². The smallest absolute Gasteiger partial charge is 0.423 e. The van der Waals surface area contributed by atoms with E-state index in [1.54, 1.807) is 20.8 Å². The topological polar surface area (TPSA) is 120 Å². The van der Waals surface area contributed by atoms with E-state index in [9.17, 15) is 9.59 Å². The average molecular weight is 344 g/mol. The molecule has 0 aromatic carbocycles. The van der Waals surface area contributed by atoms with E-state index in [0.29, 0.717) is 13.2 Å². The van der Waals surface area contributed by atoms with Gasteiger partial charge in [0, 0.05) is 19.3 Å². The molecule has 0 unspecified atom stereocenters. The molecule has 0 aliphatic rings. The number of nitrogens with two attached hydrogens (primary N) is 1. The molecule has 1 heterocycles. The molecule has 128 valence electrons. The van der Waals surface area contributed by atoms with Crippen molar-refractivity contribution in [2.24, 2.45) is 5.73 Å². The molecular formula is C13H20N4O5S. The van der Waals surface area contributed by atoms with Crippen molar-refractivity contribution < 1.29 is 19.0 Å². The van der Waals surface area contributed by atoms with Gasteiger partial charge in [0.05, 0.1) is 6.61 Å². The zero-order valence-corrected chi connectivity index (χ0v) is 14.0. The lowest BCUT2D eigenvalue weighted by atomic mass is 10.4. The Morgan fingerprint density at radius 1 is 1.35 bits per heavy atom. The fourth-order valence-corrected chi connectivity index (χ4v) is 1.84. The minimum absolute atomic E-state index is 0.113. The summed E-state index contributed by atoms with van der Waals surface area (Å²) in [5, 5.41) is -0.312. The molecule has 1 aromatic rings. The molecule has 0 spiro atoms. The van der Waals surface area contributed by atoms with Crippen LogP contribution in [0.15, 0.2) is 10.9 Å². The zero-order valence-electron chi connectivity index (χ0n) is 13.2. The summed E-state index contributed by atoms with van der Waals surface area (Å²) in [4.78, 5) is 31.1. The first-order chi connectivity index (χ1) is 10.9. The largest absolute Gasteiger partial charge is 0.449 e. The van der Waals surface area contributed by atoms with Crippen molar-refractivity contribution in [3.63, 3.8) is 0 Å². The summed E-state index contributed by atoms with van der Waals surface area (Å²) < 4.78 is 15.6. The fraction of sp³-hybridized carbons (Fsp3) is 0.538. The molecule has 1 rings (SSSR count). The third-order valence-corrected chi connectivity index (χ3v) is 2.69. The minimum atomic E-state index is -0.846. The number of nitrogens with zero attached hydrogens (tertiary/aromatic N) is 2. The second kappa shape index (κ2) is 9.18. The monoisotopic (exact) mass is 344 g/mol. The molecule has 1 aromatic heterocycles. The van der Waals surface area contributed by atoms with Crippen molar-refractivity contribution in [3.8, 4) is 0 Å². The molecule has 0 aliphatic carbocycles. The van der Waals surface area contributed by atoms with Crippen LogP contribution in [0.3, 0.4) is 0 Å². The van der Waals surface area contributed by atoms with E-state index in [2.05, 4.69) is 9.97 Å². The van der Waals surface area contributed by atoms with E-state index in [0.717, 1.165) is 4.90 Å². The molecule has 0 radical (unpaired) electrons. The molecule has 23 heavy (non-hydrogen) atoms. The van der Waals surface area contributed by atoms with Crippen LogP contribution in [0.4, 0.5) is 10.7 Å². The van der Waals surface area contributed by atoms with E-state index in [1.165, 1.54) is 6.07 Å². The lowest BCUT2D eigenvalue weighted by Crippen LogP contribution is -2.43. The van der Waals surface area contributed by atoms with E-state index >= 15 is 0 Å². The highest BCUT2D eigenvalue weighted by Gasteiger charge is 2.24. The minimum Gasteiger partial charge on any atom is -0.449 e. The van der Waals surface area contributed by atoms with E-state index in [4.69, 9.17) is 32.2 Å². The normalized spacial score (nSPS) is 10.6. The van der Waals surface area contributed by atoms with Gasteiger partial charge in [-0.3, -0.25) is 9.78 Å². The van der Waals surface area contributed by atoms with Gasteiger partial charge in [0.25, 0.3) is 5.56 Å². The number of amides is 1. The Bertz CT molecular complexity index is 600. The first-order valence-electron chi connectivity index (χ1n) is 7.05. The Morgan fingerprint density at radius 3 is 2.43 bits per heavy atom. The predicted molar refractivity (Wildman–Crippen MR) is 87.1 cm³/mol. The van der Waals surface area contributed by atoms with Gasteiger partial charge in [-0.2, -0.15) is 4.90 Å². The van der Waals surface area contributed by atoms with Crippen LogP contribution in [0.25, 0.3) is 0 Å². The number of rotatable bonds is 7. The Balaban J connectivity index is 3.27. The van der Waals surface area contributed by atoms with E-state index in [1.807, 2.05) is 0 Å². The van der Waals surface area contributed by atoms with Gasteiger partial charge in [-0.25, -0.2) is 9.78 Å². The van der Waals surface area contributed by atoms with Crippen molar-refractivity contribution in [3.05, 3.63) is 22.1 Å². The predicted octanol–water partition coefficient (Wildman–Crippen LogP) is 1.05. The quantitative estimate of drug-likeness (QED) is 0.556. The number of thiocarbonyl (C=S) groups is 1. The van der Waals surface area contributed by atoms with Crippen molar-refractivity contribution in [1.29, 1.82) is 0 Å². The Hall–Kier alpha value is -2.04. The molecule has 3 N–H and O–H groups in total. The van der Waals surface area contributed by atoms with Crippen molar-refractivity contribution >= 4 is 29.4 Å². The number of nitrogens with one attached hydrogen (secondary N) is 1. The fourth-order valence-electron chi connectivity index (χ4n) is 1.68. The van der Waals surface area contributed by atoms with Gasteiger partial charge in [-0.15, -0.1) is 0 Å². The number of carbonyl (C=O) groups excluding carboxylic acids is 1. The number of hydrogen-bond donors (Lipinski definition) is 2. The van der Waals surface area contributed by atoms with Crippen LogP contribution in [0, 0.1) is 0 Å². The maximum absolute atomic E-state index is 11.9. The Kier molecular flexibility index (Phi) is 7.59. The average Bonchev–Trinajstić information content (AvgIpc) is 2.46. The van der Waals surface area contributed by atoms with Gasteiger partial charge < -0.3 is 19.9 Å². The number of hydrogen-bond acceptors (Lipinski definition) is 7. The van der Waals surface area contributed by atoms with Crippen LogP contribution >= 0.6 is 12.2 Å². The number of carbonyl (C=O) groups is 1. The number of aromatic nitrogens is 2. The maximum atomic E-state index is 11.9. The summed E-state index contributed by atoms with van der Waals surface area (Å²) in [6, 6.07) is 1.21. The SMILES string of the molecule is CCOC(=O)N(C(N)=S)c1nc(C(OCC)OCC)cc(=O)[nH]1. The molecule has 0 saturated heterocycles. The highest BCUT2D eigenvalue weighted by molar-refractivity contribution is 7.80. The van der Waals surface area contributed by atoms with Crippen LogP contribution in [0.5, 0.6) is 0 Å². The van der Waals surface area contributed by atoms with E-state index in [-0.39, 0.29) is 23.4 Å². The first kappa shape index (κ1) is 19.0. The third-order valence-electron chi connectivity index (χ3n) is 2.51. The number of H-pyrrole nitrogens is 1. The lowest BCUT2D eigenvalue weighted by molar-refractivity contribution is -0.142. The molecule has 0 bridgehead atoms. The van der Waals surface area contributed by atoms with Gasteiger partial charge in [0.1, 0.15) is 5.69 Å². The molecule has 0 fully saturated rings. The molecule has 9 nitrogen and oxygen atoms in total. The van der Waals surface area contributed by atoms with Crippen molar-refractivity contribution in [2.75, 3.05) is 24.7 Å². The Morgan fingerprint density at radius 2 is 1.96 bits per heavy atom. The molecule has 10 heteroatoms. The third kappa shape index (κ3) is 5.27.